The van der Waals surface area contributed by atoms with E-state index in [2.05, 4.69) is 21.2 Å². The van der Waals surface area contributed by atoms with Crippen LogP contribution in [0.1, 0.15) is 11.1 Å². The highest BCUT2D eigenvalue weighted by Crippen LogP contribution is 2.25. The molecule has 6 nitrogen and oxygen atoms in total. The Labute approximate surface area is 173 Å². The third kappa shape index (κ3) is 5.85. The number of nitrogens with one attached hydrogen (secondary N) is 1. The van der Waals surface area contributed by atoms with Crippen LogP contribution in [0, 0.1) is 6.92 Å². The molecule has 148 valence electrons. The van der Waals surface area contributed by atoms with Crippen molar-refractivity contribution in [1.82, 2.24) is 4.90 Å². The molecule has 0 fully saturated rings. The largest absolute Gasteiger partial charge is 0.497 e. The number of carbonyl (C=O) groups excluding carboxylic acids is 2. The number of ether oxygens (including phenoxy) is 2. The highest BCUT2D eigenvalue weighted by Gasteiger charge is 2.12. The van der Waals surface area contributed by atoms with Crippen molar-refractivity contribution < 1.29 is 19.1 Å². The van der Waals surface area contributed by atoms with Gasteiger partial charge in [0.1, 0.15) is 11.5 Å². The fraction of sp³-hybridized carbons (Fsp3) is 0.238. The number of nitrogens with zero attached hydrogens (tertiary/aromatic N) is 1. The number of halogens is 1. The zero-order valence-electron chi connectivity index (χ0n) is 16.3. The molecule has 0 saturated heterocycles. The summed E-state index contributed by atoms with van der Waals surface area (Å²) >= 11 is 3.39. The van der Waals surface area contributed by atoms with E-state index in [9.17, 15) is 9.59 Å². The highest BCUT2D eigenvalue weighted by atomic mass is 79.9. The number of benzene rings is 2. The minimum absolute atomic E-state index is 0.0616. The minimum Gasteiger partial charge on any atom is -0.497 e. The summed E-state index contributed by atoms with van der Waals surface area (Å²) in [5, 5.41) is 2.82. The number of hydrogen-bond acceptors (Lipinski definition) is 4. The second kappa shape index (κ2) is 9.94. The number of hydrogen-bond donors (Lipinski definition) is 1. The number of aryl methyl sites for hydroxylation is 1. The fourth-order valence-corrected chi connectivity index (χ4v) is 2.98. The van der Waals surface area contributed by atoms with E-state index in [-0.39, 0.29) is 18.4 Å². The van der Waals surface area contributed by atoms with Gasteiger partial charge >= 0.3 is 0 Å². The van der Waals surface area contributed by atoms with Gasteiger partial charge < -0.3 is 19.7 Å². The molecule has 2 rings (SSSR count). The quantitative estimate of drug-likeness (QED) is 0.655. The molecule has 0 heterocycles. The van der Waals surface area contributed by atoms with Crippen molar-refractivity contribution in [1.29, 1.82) is 0 Å². The van der Waals surface area contributed by atoms with Gasteiger partial charge in [-0.05, 0) is 55.0 Å². The lowest BCUT2D eigenvalue weighted by Gasteiger charge is -2.16. The maximum absolute atomic E-state index is 12.4. The highest BCUT2D eigenvalue weighted by molar-refractivity contribution is 9.10. The van der Waals surface area contributed by atoms with Crippen LogP contribution >= 0.6 is 15.9 Å². The van der Waals surface area contributed by atoms with Crippen LogP contribution in [0.2, 0.25) is 0 Å². The van der Waals surface area contributed by atoms with Crippen molar-refractivity contribution >= 4 is 39.5 Å². The van der Waals surface area contributed by atoms with Crippen molar-refractivity contribution in [2.75, 3.05) is 33.1 Å². The predicted molar refractivity (Wildman–Crippen MR) is 114 cm³/mol. The number of methoxy groups -OCH3 is 2. The normalized spacial score (nSPS) is 10.6. The predicted octanol–water partition coefficient (Wildman–Crippen LogP) is 3.89. The summed E-state index contributed by atoms with van der Waals surface area (Å²) in [5.74, 6) is 0.711. The maximum Gasteiger partial charge on any atom is 0.246 e. The third-order valence-corrected chi connectivity index (χ3v) is 4.56. The van der Waals surface area contributed by atoms with Gasteiger partial charge in [0.05, 0.1) is 20.8 Å². The second-order valence-electron chi connectivity index (χ2n) is 6.14. The molecule has 0 radical (unpaired) electrons. The van der Waals surface area contributed by atoms with Gasteiger partial charge in [0.15, 0.2) is 0 Å². The van der Waals surface area contributed by atoms with E-state index in [0.717, 1.165) is 10.0 Å². The molecule has 0 aliphatic heterocycles. The van der Waals surface area contributed by atoms with Crippen LogP contribution in [0.3, 0.4) is 0 Å². The number of likely N-dealkylation sites (N-methyl/N-ethyl adjacent to an activating group) is 1. The average Bonchev–Trinajstić information content (AvgIpc) is 2.67. The number of rotatable bonds is 7. The minimum atomic E-state index is -0.299. The molecule has 0 unspecified atom stereocenters. The van der Waals surface area contributed by atoms with Gasteiger partial charge in [-0.3, -0.25) is 9.59 Å². The van der Waals surface area contributed by atoms with Crippen LogP contribution in [0.15, 0.2) is 46.9 Å². The second-order valence-corrected chi connectivity index (χ2v) is 7.06. The topological polar surface area (TPSA) is 67.9 Å². The molecule has 0 saturated carbocycles. The Morgan fingerprint density at radius 1 is 1.14 bits per heavy atom. The van der Waals surface area contributed by atoms with E-state index in [1.807, 2.05) is 25.1 Å². The maximum atomic E-state index is 12.4. The van der Waals surface area contributed by atoms with Crippen molar-refractivity contribution in [3.05, 3.63) is 58.1 Å². The van der Waals surface area contributed by atoms with Crippen molar-refractivity contribution in [2.24, 2.45) is 0 Å². The summed E-state index contributed by atoms with van der Waals surface area (Å²) in [6, 6.07) is 10.9. The molecule has 28 heavy (non-hydrogen) atoms. The van der Waals surface area contributed by atoms with Gasteiger partial charge in [0, 0.05) is 28.8 Å². The number of anilines is 1. The van der Waals surface area contributed by atoms with Crippen LogP contribution in [-0.4, -0.2) is 44.5 Å². The first-order valence-electron chi connectivity index (χ1n) is 8.55. The molecule has 0 atom stereocenters. The summed E-state index contributed by atoms with van der Waals surface area (Å²) in [4.78, 5) is 25.9. The number of carbonyl (C=O) groups is 2. The molecule has 0 spiro atoms. The smallest absolute Gasteiger partial charge is 0.246 e. The zero-order valence-corrected chi connectivity index (χ0v) is 17.9. The van der Waals surface area contributed by atoms with E-state index in [0.29, 0.717) is 22.7 Å². The molecule has 7 heteroatoms. The van der Waals surface area contributed by atoms with Gasteiger partial charge in [-0.1, -0.05) is 15.9 Å². The van der Waals surface area contributed by atoms with E-state index in [4.69, 9.17) is 9.47 Å². The van der Waals surface area contributed by atoms with Crippen LogP contribution in [0.4, 0.5) is 5.69 Å². The van der Waals surface area contributed by atoms with Gasteiger partial charge in [-0.15, -0.1) is 0 Å². The van der Waals surface area contributed by atoms with Crippen LogP contribution in [-0.2, 0) is 9.59 Å². The summed E-state index contributed by atoms with van der Waals surface area (Å²) in [6.07, 6.45) is 3.03. The van der Waals surface area contributed by atoms with Gasteiger partial charge in [-0.2, -0.15) is 0 Å². The lowest BCUT2D eigenvalue weighted by atomic mass is 10.1. The summed E-state index contributed by atoms with van der Waals surface area (Å²) in [7, 11) is 4.70. The van der Waals surface area contributed by atoms with E-state index in [1.165, 1.54) is 11.0 Å². The molecular formula is C21H23BrN2O4. The molecule has 1 N–H and O–H groups in total. The van der Waals surface area contributed by atoms with E-state index >= 15 is 0 Å². The molecule has 0 aliphatic rings. The first-order chi connectivity index (χ1) is 13.3. The molecule has 2 amide bonds. The SMILES string of the molecule is COc1ccc(OC)c(/C=C/C(=O)N(C)CC(=O)Nc2ccc(Br)cc2C)c1. The zero-order chi connectivity index (χ0) is 20.7. The van der Waals surface area contributed by atoms with E-state index < -0.39 is 0 Å². The van der Waals surface area contributed by atoms with E-state index in [1.54, 1.807) is 45.5 Å². The van der Waals surface area contributed by atoms with Crippen molar-refractivity contribution in [2.45, 2.75) is 6.92 Å². The number of amides is 2. The summed E-state index contributed by atoms with van der Waals surface area (Å²) in [5.41, 5.74) is 2.35. The first kappa shape index (κ1) is 21.5. The lowest BCUT2D eigenvalue weighted by molar-refractivity contribution is -0.129. The fourth-order valence-electron chi connectivity index (χ4n) is 2.51. The van der Waals surface area contributed by atoms with Crippen LogP contribution in [0.25, 0.3) is 6.08 Å². The van der Waals surface area contributed by atoms with Crippen LogP contribution < -0.4 is 14.8 Å². The Bertz CT molecular complexity index is 896. The van der Waals surface area contributed by atoms with Crippen molar-refractivity contribution in [3.8, 4) is 11.5 Å². The Balaban J connectivity index is 2.00. The summed E-state index contributed by atoms with van der Waals surface area (Å²) in [6.45, 7) is 1.84. The molecular weight excluding hydrogens is 424 g/mol. The molecule has 0 aliphatic carbocycles. The molecule has 0 bridgehead atoms. The average molecular weight is 447 g/mol. The summed E-state index contributed by atoms with van der Waals surface area (Å²) < 4.78 is 11.4. The molecule has 2 aromatic rings. The van der Waals surface area contributed by atoms with Crippen LogP contribution in [0.5, 0.6) is 11.5 Å². The lowest BCUT2D eigenvalue weighted by Crippen LogP contribution is -2.34. The Hall–Kier alpha value is -2.80. The van der Waals surface area contributed by atoms with Gasteiger partial charge in [0.25, 0.3) is 0 Å². The third-order valence-electron chi connectivity index (χ3n) is 4.06. The Morgan fingerprint density at radius 2 is 1.89 bits per heavy atom. The van der Waals surface area contributed by atoms with Gasteiger partial charge in [-0.25, -0.2) is 0 Å². The Morgan fingerprint density at radius 3 is 2.54 bits per heavy atom. The standard InChI is InChI=1S/C21H23BrN2O4/c1-14-11-16(22)6-8-18(14)23-20(25)13-24(2)21(26)10-5-15-12-17(27-3)7-9-19(15)28-4/h5-12H,13H2,1-4H3,(H,23,25)/b10-5+. The monoisotopic (exact) mass is 446 g/mol. The molecule has 2 aromatic carbocycles. The van der Waals surface area contributed by atoms with Crippen molar-refractivity contribution in [3.63, 3.8) is 0 Å². The molecule has 0 aromatic heterocycles. The first-order valence-corrected chi connectivity index (χ1v) is 9.34. The Kier molecular flexibility index (Phi) is 7.63. The van der Waals surface area contributed by atoms with Gasteiger partial charge in [0.2, 0.25) is 11.8 Å².